The molecule has 11 heavy (non-hydrogen) atoms. The average Bonchev–Trinajstić information content (AvgIpc) is 1.85. The summed E-state index contributed by atoms with van der Waals surface area (Å²) in [5.41, 5.74) is 5.97. The predicted octanol–water partition coefficient (Wildman–Crippen LogP) is 2.12. The highest BCUT2D eigenvalue weighted by atomic mass is 35.5. The maximum atomic E-state index is 5.71. The molecule has 0 amide bonds. The number of nitrogen functional groups attached to an aromatic ring is 1. The van der Waals surface area contributed by atoms with Gasteiger partial charge in [0.05, 0.1) is 12.7 Å². The van der Waals surface area contributed by atoms with Crippen molar-refractivity contribution in [1.29, 1.82) is 0 Å². The minimum absolute atomic E-state index is 0.501. The molecule has 0 heterocycles. The summed E-state index contributed by atoms with van der Waals surface area (Å²) >= 11 is 5.71. The van der Waals surface area contributed by atoms with Crippen molar-refractivity contribution in [2.45, 2.75) is 6.92 Å². The Balaban J connectivity index is 2.89. The van der Waals surface area contributed by atoms with Gasteiger partial charge < -0.3 is 10.5 Å². The topological polar surface area (TPSA) is 35.2 Å². The maximum Gasteiger partial charge on any atom is 0.130 e. The molecule has 0 fully saturated rings. The molecule has 1 aromatic carbocycles. The smallest absolute Gasteiger partial charge is 0.130 e. The Morgan fingerprint density at radius 1 is 1.64 bits per heavy atom. The third kappa shape index (κ3) is 2.31. The Morgan fingerprint density at radius 2 is 2.36 bits per heavy atom. The zero-order valence-corrected chi connectivity index (χ0v) is 6.98. The predicted molar refractivity (Wildman–Crippen MR) is 45.9 cm³/mol. The van der Waals surface area contributed by atoms with E-state index < -0.39 is 0 Å². The molecule has 0 spiro atoms. The Morgan fingerprint density at radius 3 is 2.91 bits per heavy atom. The Bertz CT molecular complexity index is 230. The van der Waals surface area contributed by atoms with Gasteiger partial charge in [-0.3, -0.25) is 0 Å². The summed E-state index contributed by atoms with van der Waals surface area (Å²) in [6.07, 6.45) is 0. The van der Waals surface area contributed by atoms with Crippen molar-refractivity contribution in [2.24, 2.45) is 0 Å². The second-order valence-corrected chi connectivity index (χ2v) is 2.49. The van der Waals surface area contributed by atoms with E-state index in [1.807, 2.05) is 6.92 Å². The summed E-state index contributed by atoms with van der Waals surface area (Å²) in [5.74, 6) is 0.595. The molecule has 2 N–H and O–H groups in total. The SMILES string of the molecule is CCOc1[c]c(N)cc(Cl)c1. The highest BCUT2D eigenvalue weighted by Gasteiger charge is 1.96. The highest BCUT2D eigenvalue weighted by molar-refractivity contribution is 6.31. The van der Waals surface area contributed by atoms with E-state index in [9.17, 15) is 0 Å². The molecule has 0 aromatic heterocycles. The van der Waals surface area contributed by atoms with E-state index in [0.717, 1.165) is 0 Å². The minimum Gasteiger partial charge on any atom is -0.493 e. The number of benzene rings is 1. The number of hydrogen-bond donors (Lipinski definition) is 1. The van der Waals surface area contributed by atoms with Gasteiger partial charge in [-0.1, -0.05) is 11.6 Å². The first kappa shape index (κ1) is 8.21. The third-order valence-corrected chi connectivity index (χ3v) is 1.35. The van der Waals surface area contributed by atoms with Crippen LogP contribution in [0.4, 0.5) is 5.69 Å². The first-order chi connectivity index (χ1) is 5.22. The minimum atomic E-state index is 0.501. The second kappa shape index (κ2) is 3.49. The lowest BCUT2D eigenvalue weighted by atomic mass is 10.3. The number of halogens is 1. The molecule has 1 rings (SSSR count). The van der Waals surface area contributed by atoms with Crippen molar-refractivity contribution in [2.75, 3.05) is 12.3 Å². The molecule has 0 aliphatic heterocycles. The molecule has 3 heteroatoms. The summed E-state index contributed by atoms with van der Waals surface area (Å²) in [4.78, 5) is 0. The monoisotopic (exact) mass is 170 g/mol. The van der Waals surface area contributed by atoms with Gasteiger partial charge in [0, 0.05) is 10.7 Å². The summed E-state index contributed by atoms with van der Waals surface area (Å²) in [6, 6.07) is 6.13. The lowest BCUT2D eigenvalue weighted by Gasteiger charge is -2.02. The van der Waals surface area contributed by atoms with Crippen molar-refractivity contribution < 1.29 is 4.74 Å². The maximum absolute atomic E-state index is 5.71. The van der Waals surface area contributed by atoms with Crippen molar-refractivity contribution in [3.63, 3.8) is 0 Å². The normalized spacial score (nSPS) is 9.64. The zero-order valence-electron chi connectivity index (χ0n) is 6.23. The average molecular weight is 171 g/mol. The standard InChI is InChI=1S/C8H9ClNO/c1-2-11-8-4-6(9)3-7(10)5-8/h3-4H,2,10H2,1H3. The van der Waals surface area contributed by atoms with E-state index in [4.69, 9.17) is 22.1 Å². The van der Waals surface area contributed by atoms with Crippen LogP contribution in [-0.4, -0.2) is 6.61 Å². The lowest BCUT2D eigenvalue weighted by Crippen LogP contribution is -1.93. The van der Waals surface area contributed by atoms with Crippen LogP contribution < -0.4 is 10.5 Å². The van der Waals surface area contributed by atoms with E-state index in [0.29, 0.717) is 23.1 Å². The molecule has 0 aliphatic carbocycles. The van der Waals surface area contributed by atoms with Gasteiger partial charge in [0.15, 0.2) is 0 Å². The van der Waals surface area contributed by atoms with E-state index >= 15 is 0 Å². The fraction of sp³-hybridized carbons (Fsp3) is 0.250. The van der Waals surface area contributed by atoms with Gasteiger partial charge in [0.2, 0.25) is 0 Å². The van der Waals surface area contributed by atoms with E-state index in [1.54, 1.807) is 12.1 Å². The van der Waals surface area contributed by atoms with Crippen LogP contribution in [0.15, 0.2) is 12.1 Å². The van der Waals surface area contributed by atoms with E-state index in [-0.39, 0.29) is 0 Å². The lowest BCUT2D eigenvalue weighted by molar-refractivity contribution is 0.340. The Kier molecular flexibility index (Phi) is 2.60. The molecule has 1 radical (unpaired) electrons. The molecular formula is C8H9ClNO. The largest absolute Gasteiger partial charge is 0.493 e. The zero-order chi connectivity index (χ0) is 8.27. The molecule has 2 nitrogen and oxygen atoms in total. The number of hydrogen-bond acceptors (Lipinski definition) is 2. The molecule has 59 valence electrons. The van der Waals surface area contributed by atoms with Gasteiger partial charge in [-0.25, -0.2) is 0 Å². The van der Waals surface area contributed by atoms with Gasteiger partial charge in [0.25, 0.3) is 0 Å². The molecule has 1 aromatic rings. The van der Waals surface area contributed by atoms with E-state index in [2.05, 4.69) is 6.07 Å². The number of ether oxygens (including phenoxy) is 1. The van der Waals surface area contributed by atoms with Gasteiger partial charge in [-0.05, 0) is 19.1 Å². The highest BCUT2D eigenvalue weighted by Crippen LogP contribution is 2.21. The van der Waals surface area contributed by atoms with Crippen LogP contribution in [0.1, 0.15) is 6.92 Å². The van der Waals surface area contributed by atoms with Gasteiger partial charge in [-0.2, -0.15) is 0 Å². The fourth-order valence-corrected chi connectivity index (χ4v) is 0.980. The van der Waals surface area contributed by atoms with Crippen LogP contribution in [0.2, 0.25) is 5.02 Å². The summed E-state index contributed by atoms with van der Waals surface area (Å²) in [6.45, 7) is 2.49. The molecule has 0 atom stereocenters. The van der Waals surface area contributed by atoms with Crippen LogP contribution in [0.25, 0.3) is 0 Å². The van der Waals surface area contributed by atoms with Crippen molar-refractivity contribution in [3.05, 3.63) is 23.2 Å². The van der Waals surface area contributed by atoms with Crippen molar-refractivity contribution in [1.82, 2.24) is 0 Å². The van der Waals surface area contributed by atoms with E-state index in [1.165, 1.54) is 0 Å². The molecule has 0 bridgehead atoms. The molecular weight excluding hydrogens is 162 g/mol. The fourth-order valence-electron chi connectivity index (χ4n) is 0.763. The summed E-state index contributed by atoms with van der Waals surface area (Å²) in [5, 5.41) is 0.574. The van der Waals surface area contributed by atoms with Crippen LogP contribution >= 0.6 is 11.6 Å². The van der Waals surface area contributed by atoms with Crippen LogP contribution in [0.3, 0.4) is 0 Å². The van der Waals surface area contributed by atoms with Crippen LogP contribution in [0, 0.1) is 6.07 Å². The number of nitrogens with two attached hydrogens (primary N) is 1. The van der Waals surface area contributed by atoms with Gasteiger partial charge >= 0.3 is 0 Å². The van der Waals surface area contributed by atoms with Gasteiger partial charge in [-0.15, -0.1) is 0 Å². The first-order valence-electron chi connectivity index (χ1n) is 3.33. The van der Waals surface area contributed by atoms with Crippen molar-refractivity contribution >= 4 is 17.3 Å². The molecule has 0 unspecified atom stereocenters. The molecule has 0 saturated heterocycles. The number of rotatable bonds is 2. The Labute approximate surface area is 70.9 Å². The summed E-state index contributed by atoms with van der Waals surface area (Å²) in [7, 11) is 0. The molecule has 0 aliphatic rings. The van der Waals surface area contributed by atoms with Crippen LogP contribution in [0.5, 0.6) is 5.75 Å². The first-order valence-corrected chi connectivity index (χ1v) is 3.71. The third-order valence-electron chi connectivity index (χ3n) is 1.13. The van der Waals surface area contributed by atoms with Crippen LogP contribution in [-0.2, 0) is 0 Å². The molecule has 0 saturated carbocycles. The summed E-state index contributed by atoms with van der Waals surface area (Å²) < 4.78 is 5.15. The van der Waals surface area contributed by atoms with Gasteiger partial charge in [0.1, 0.15) is 5.75 Å². The number of anilines is 1. The Hall–Kier alpha value is -0.890. The second-order valence-electron chi connectivity index (χ2n) is 2.05. The van der Waals surface area contributed by atoms with Crippen molar-refractivity contribution in [3.8, 4) is 5.75 Å². The quantitative estimate of drug-likeness (QED) is 0.691.